The highest BCUT2D eigenvalue weighted by atomic mass is 16.4. The van der Waals surface area contributed by atoms with Gasteiger partial charge in [0.2, 0.25) is 0 Å². The highest BCUT2D eigenvalue weighted by Gasteiger charge is 2.32. The van der Waals surface area contributed by atoms with Crippen LogP contribution in [0.1, 0.15) is 12.8 Å². The number of terminal acetylenes is 2. The third-order valence-electron chi connectivity index (χ3n) is 1.80. The fraction of sp³-hybridized carbons (Fsp3) is 0.400. The Morgan fingerprint density at radius 1 is 1.00 bits per heavy atom. The molecule has 74 valence electrons. The predicted octanol–water partition coefficient (Wildman–Crippen LogP) is 0.435. The van der Waals surface area contributed by atoms with Crippen LogP contribution in [0.15, 0.2) is 0 Å². The molecule has 2 N–H and O–H groups in total. The van der Waals surface area contributed by atoms with Gasteiger partial charge in [-0.25, -0.2) is 0 Å². The van der Waals surface area contributed by atoms with Crippen LogP contribution in [0, 0.1) is 36.5 Å². The van der Waals surface area contributed by atoms with Crippen molar-refractivity contribution in [3.05, 3.63) is 0 Å². The molecule has 0 aromatic heterocycles. The maximum atomic E-state index is 10.7. The van der Waals surface area contributed by atoms with E-state index in [4.69, 9.17) is 23.1 Å². The quantitative estimate of drug-likeness (QED) is 0.622. The van der Waals surface area contributed by atoms with Crippen LogP contribution < -0.4 is 0 Å². The molecule has 0 aliphatic carbocycles. The van der Waals surface area contributed by atoms with Crippen LogP contribution in [-0.2, 0) is 9.59 Å². The monoisotopic (exact) mass is 194 g/mol. The molecule has 0 aliphatic rings. The van der Waals surface area contributed by atoms with Crippen molar-refractivity contribution < 1.29 is 19.8 Å². The Bertz CT molecular complexity index is 273. The number of carbonyl (C=O) groups is 2. The Hall–Kier alpha value is -1.94. The summed E-state index contributed by atoms with van der Waals surface area (Å²) in [5.74, 6) is -0.436. The number of carboxylic acids is 2. The molecule has 0 aromatic carbocycles. The van der Waals surface area contributed by atoms with Crippen LogP contribution in [0.3, 0.4) is 0 Å². The normalized spacial score (nSPS) is 13.3. The smallest absolute Gasteiger partial charge is 0.308 e. The van der Waals surface area contributed by atoms with Gasteiger partial charge in [0.05, 0.1) is 11.8 Å². The Kier molecular flexibility index (Phi) is 4.88. The van der Waals surface area contributed by atoms with E-state index in [2.05, 4.69) is 11.8 Å². The van der Waals surface area contributed by atoms with Gasteiger partial charge < -0.3 is 10.2 Å². The van der Waals surface area contributed by atoms with Gasteiger partial charge in [0.25, 0.3) is 0 Å². The minimum absolute atomic E-state index is 0.131. The average molecular weight is 194 g/mol. The third-order valence-corrected chi connectivity index (χ3v) is 1.80. The largest absolute Gasteiger partial charge is 0.481 e. The minimum atomic E-state index is -1.23. The van der Waals surface area contributed by atoms with E-state index < -0.39 is 23.8 Å². The van der Waals surface area contributed by atoms with Gasteiger partial charge in [-0.05, 0) is 0 Å². The molecule has 0 saturated carbocycles. The van der Waals surface area contributed by atoms with Crippen LogP contribution in [0.5, 0.6) is 0 Å². The van der Waals surface area contributed by atoms with Gasteiger partial charge in [0.15, 0.2) is 0 Å². The highest BCUT2D eigenvalue weighted by molar-refractivity contribution is 5.80. The molecule has 0 spiro atoms. The van der Waals surface area contributed by atoms with Crippen molar-refractivity contribution in [1.82, 2.24) is 0 Å². The van der Waals surface area contributed by atoms with E-state index >= 15 is 0 Å². The van der Waals surface area contributed by atoms with E-state index in [1.165, 1.54) is 0 Å². The van der Waals surface area contributed by atoms with E-state index in [0.717, 1.165) is 0 Å². The van der Waals surface area contributed by atoms with Gasteiger partial charge in [0.1, 0.15) is 0 Å². The molecule has 4 heteroatoms. The first-order chi connectivity index (χ1) is 6.54. The van der Waals surface area contributed by atoms with E-state index in [-0.39, 0.29) is 12.8 Å². The van der Waals surface area contributed by atoms with Gasteiger partial charge in [0, 0.05) is 12.8 Å². The Labute approximate surface area is 81.9 Å². The van der Waals surface area contributed by atoms with Crippen LogP contribution in [0.25, 0.3) is 0 Å². The number of carboxylic acid groups (broad SMARTS) is 2. The summed E-state index contributed by atoms with van der Waals surface area (Å²) in [5, 5.41) is 17.4. The Balaban J connectivity index is 4.76. The van der Waals surface area contributed by atoms with Crippen molar-refractivity contribution in [3.8, 4) is 24.7 Å². The van der Waals surface area contributed by atoms with Crippen molar-refractivity contribution in [3.63, 3.8) is 0 Å². The maximum absolute atomic E-state index is 10.7. The molecular weight excluding hydrogens is 184 g/mol. The van der Waals surface area contributed by atoms with Crippen molar-refractivity contribution in [2.24, 2.45) is 11.8 Å². The summed E-state index contributed by atoms with van der Waals surface area (Å²) in [6, 6.07) is 0. The lowest BCUT2D eigenvalue weighted by Crippen LogP contribution is -2.29. The van der Waals surface area contributed by atoms with Crippen molar-refractivity contribution in [2.45, 2.75) is 12.8 Å². The van der Waals surface area contributed by atoms with Gasteiger partial charge in [-0.1, -0.05) is 0 Å². The summed E-state index contributed by atoms with van der Waals surface area (Å²) >= 11 is 0. The van der Waals surface area contributed by atoms with Gasteiger partial charge >= 0.3 is 11.9 Å². The summed E-state index contributed by atoms with van der Waals surface area (Å²) < 4.78 is 0. The lowest BCUT2D eigenvalue weighted by Gasteiger charge is -2.15. The molecule has 2 atom stereocenters. The first kappa shape index (κ1) is 12.1. The fourth-order valence-electron chi connectivity index (χ4n) is 1.06. The van der Waals surface area contributed by atoms with Gasteiger partial charge in [-0.15, -0.1) is 24.7 Å². The molecule has 4 nitrogen and oxygen atoms in total. The highest BCUT2D eigenvalue weighted by Crippen LogP contribution is 2.19. The van der Waals surface area contributed by atoms with E-state index in [1.54, 1.807) is 0 Å². The third kappa shape index (κ3) is 3.20. The first-order valence-electron chi connectivity index (χ1n) is 3.87. The summed E-state index contributed by atoms with van der Waals surface area (Å²) in [5.41, 5.74) is 0. The molecule has 0 heterocycles. The molecule has 0 aromatic rings. The Morgan fingerprint density at radius 3 is 1.43 bits per heavy atom. The Morgan fingerprint density at radius 2 is 1.29 bits per heavy atom. The number of hydrogen-bond donors (Lipinski definition) is 2. The second-order valence-corrected chi connectivity index (χ2v) is 2.71. The molecule has 0 radical (unpaired) electrons. The standard InChI is InChI=1S/C10H10O4/c1-3-5-7(9(11)12)8(6-4-2)10(13)14/h1-2,7-8H,5-6H2,(H,11,12)(H,13,14)/t7-,8-/m1/s1. The molecule has 0 saturated heterocycles. The zero-order valence-corrected chi connectivity index (χ0v) is 7.43. The van der Waals surface area contributed by atoms with E-state index in [0.29, 0.717) is 0 Å². The molecule has 0 aliphatic heterocycles. The number of hydrogen-bond acceptors (Lipinski definition) is 2. The van der Waals surface area contributed by atoms with E-state index in [1.807, 2.05) is 0 Å². The van der Waals surface area contributed by atoms with Crippen molar-refractivity contribution in [1.29, 1.82) is 0 Å². The lowest BCUT2D eigenvalue weighted by atomic mass is 9.87. The molecule has 0 amide bonds. The molecule has 0 bridgehead atoms. The molecule has 0 unspecified atom stereocenters. The fourth-order valence-corrected chi connectivity index (χ4v) is 1.06. The summed E-state index contributed by atoms with van der Waals surface area (Å²) in [6.45, 7) is 0. The molecule has 0 rings (SSSR count). The average Bonchev–Trinajstić information content (AvgIpc) is 2.10. The summed E-state index contributed by atoms with van der Waals surface area (Å²) in [4.78, 5) is 21.4. The second kappa shape index (κ2) is 5.66. The number of aliphatic carboxylic acids is 2. The zero-order valence-electron chi connectivity index (χ0n) is 7.43. The minimum Gasteiger partial charge on any atom is -0.481 e. The van der Waals surface area contributed by atoms with Crippen LogP contribution in [0.2, 0.25) is 0 Å². The second-order valence-electron chi connectivity index (χ2n) is 2.71. The van der Waals surface area contributed by atoms with Crippen LogP contribution >= 0.6 is 0 Å². The SMILES string of the molecule is C#CC[C@@H](C(=O)O)[C@@H](CC#C)C(=O)O. The summed E-state index contributed by atoms with van der Waals surface area (Å²) in [6.07, 6.45) is 9.62. The van der Waals surface area contributed by atoms with Crippen molar-refractivity contribution in [2.75, 3.05) is 0 Å². The van der Waals surface area contributed by atoms with Gasteiger partial charge in [-0.2, -0.15) is 0 Å². The van der Waals surface area contributed by atoms with Crippen LogP contribution in [0.4, 0.5) is 0 Å². The predicted molar refractivity (Wildman–Crippen MR) is 49.2 cm³/mol. The van der Waals surface area contributed by atoms with Gasteiger partial charge in [-0.3, -0.25) is 9.59 Å². The maximum Gasteiger partial charge on any atom is 0.308 e. The topological polar surface area (TPSA) is 74.6 Å². The lowest BCUT2D eigenvalue weighted by molar-refractivity contribution is -0.153. The zero-order chi connectivity index (χ0) is 11.1. The summed E-state index contributed by atoms with van der Waals surface area (Å²) in [7, 11) is 0. The van der Waals surface area contributed by atoms with E-state index in [9.17, 15) is 9.59 Å². The van der Waals surface area contributed by atoms with Crippen molar-refractivity contribution >= 4 is 11.9 Å². The van der Waals surface area contributed by atoms with Crippen LogP contribution in [-0.4, -0.2) is 22.2 Å². The molecular formula is C10H10O4. The molecule has 0 fully saturated rings. The number of rotatable bonds is 5. The molecule has 14 heavy (non-hydrogen) atoms. The first-order valence-corrected chi connectivity index (χ1v) is 3.87.